The van der Waals surface area contributed by atoms with Crippen molar-refractivity contribution >= 4 is 15.9 Å². The van der Waals surface area contributed by atoms with Gasteiger partial charge < -0.3 is 4.42 Å². The van der Waals surface area contributed by atoms with Gasteiger partial charge in [-0.2, -0.15) is 0 Å². The molecule has 0 aliphatic rings. The molecule has 0 atom stereocenters. The summed E-state index contributed by atoms with van der Waals surface area (Å²) in [5.74, 6) is 1.58. The van der Waals surface area contributed by atoms with Crippen LogP contribution in [-0.4, -0.2) is 4.98 Å². The summed E-state index contributed by atoms with van der Waals surface area (Å²) in [5.41, 5.74) is 0.988. The third-order valence-electron chi connectivity index (χ3n) is 2.32. The van der Waals surface area contributed by atoms with Gasteiger partial charge in [0.25, 0.3) is 0 Å². The van der Waals surface area contributed by atoms with Crippen LogP contribution < -0.4 is 0 Å². The minimum atomic E-state index is -0.00272. The quantitative estimate of drug-likeness (QED) is 0.773. The van der Waals surface area contributed by atoms with Crippen molar-refractivity contribution in [3.8, 4) is 11.5 Å². The maximum absolute atomic E-state index is 5.76. The number of hydrogen-bond acceptors (Lipinski definition) is 2. The van der Waals surface area contributed by atoms with Crippen LogP contribution in [-0.2, 0) is 5.41 Å². The molecule has 0 radical (unpaired) electrons. The number of halogens is 1. The zero-order chi connectivity index (χ0) is 11.8. The summed E-state index contributed by atoms with van der Waals surface area (Å²) in [6.07, 6.45) is 1.80. The molecule has 2 rings (SSSR count). The van der Waals surface area contributed by atoms with Gasteiger partial charge in [-0.05, 0) is 18.2 Å². The molecule has 0 unspecified atom stereocenters. The zero-order valence-corrected chi connectivity index (χ0v) is 11.2. The second-order valence-electron chi connectivity index (χ2n) is 4.79. The molecule has 0 fully saturated rings. The highest BCUT2D eigenvalue weighted by Crippen LogP contribution is 2.28. The van der Waals surface area contributed by atoms with Gasteiger partial charge in [-0.1, -0.05) is 42.8 Å². The van der Waals surface area contributed by atoms with Crippen molar-refractivity contribution in [2.45, 2.75) is 26.2 Å². The van der Waals surface area contributed by atoms with Crippen LogP contribution in [0, 0.1) is 0 Å². The summed E-state index contributed by atoms with van der Waals surface area (Å²) in [6, 6.07) is 7.94. The Morgan fingerprint density at radius 3 is 2.56 bits per heavy atom. The van der Waals surface area contributed by atoms with Gasteiger partial charge in [0.2, 0.25) is 5.89 Å². The lowest BCUT2D eigenvalue weighted by Crippen LogP contribution is -2.09. The molecule has 2 nitrogen and oxygen atoms in total. The molecule has 0 aliphatic carbocycles. The lowest BCUT2D eigenvalue weighted by molar-refractivity contribution is 0.416. The van der Waals surface area contributed by atoms with Crippen LogP contribution in [0.5, 0.6) is 0 Å². The van der Waals surface area contributed by atoms with Crippen LogP contribution >= 0.6 is 15.9 Å². The van der Waals surface area contributed by atoms with Crippen molar-refractivity contribution in [1.29, 1.82) is 0 Å². The molecule has 1 heterocycles. The molecule has 0 bridgehead atoms. The minimum Gasteiger partial charge on any atom is -0.441 e. The van der Waals surface area contributed by atoms with Gasteiger partial charge in [-0.3, -0.25) is 0 Å². The van der Waals surface area contributed by atoms with E-state index in [4.69, 9.17) is 4.42 Å². The first kappa shape index (κ1) is 11.4. The molecular weight excluding hydrogens is 266 g/mol. The summed E-state index contributed by atoms with van der Waals surface area (Å²) < 4.78 is 6.79. The first-order valence-corrected chi connectivity index (χ1v) is 5.98. The van der Waals surface area contributed by atoms with E-state index in [-0.39, 0.29) is 5.41 Å². The Hall–Kier alpha value is -1.09. The number of rotatable bonds is 1. The van der Waals surface area contributed by atoms with Crippen LogP contribution in [0.25, 0.3) is 11.5 Å². The first-order valence-electron chi connectivity index (χ1n) is 5.19. The minimum absolute atomic E-state index is 0.00272. The van der Waals surface area contributed by atoms with Crippen LogP contribution in [0.1, 0.15) is 26.5 Å². The van der Waals surface area contributed by atoms with E-state index >= 15 is 0 Å². The monoisotopic (exact) mass is 279 g/mol. The predicted octanol–water partition coefficient (Wildman–Crippen LogP) is 4.40. The number of aromatic nitrogens is 1. The van der Waals surface area contributed by atoms with Gasteiger partial charge in [0.1, 0.15) is 5.76 Å². The molecule has 0 spiro atoms. The van der Waals surface area contributed by atoms with E-state index < -0.39 is 0 Å². The Morgan fingerprint density at radius 1 is 1.25 bits per heavy atom. The lowest BCUT2D eigenvalue weighted by atomic mass is 9.94. The Kier molecular flexibility index (Phi) is 2.89. The fourth-order valence-electron chi connectivity index (χ4n) is 1.38. The molecule has 3 heteroatoms. The molecule has 1 aromatic carbocycles. The highest BCUT2D eigenvalue weighted by atomic mass is 79.9. The third-order valence-corrected chi connectivity index (χ3v) is 2.81. The lowest BCUT2D eigenvalue weighted by Gasteiger charge is -2.13. The molecule has 1 aromatic heterocycles. The van der Waals surface area contributed by atoms with Crippen LogP contribution in [0.15, 0.2) is 39.4 Å². The number of nitrogens with zero attached hydrogens (tertiary/aromatic N) is 1. The normalized spacial score (nSPS) is 11.8. The summed E-state index contributed by atoms with van der Waals surface area (Å²) >= 11 is 3.44. The van der Waals surface area contributed by atoms with Crippen LogP contribution in [0.2, 0.25) is 0 Å². The molecule has 16 heavy (non-hydrogen) atoms. The molecule has 0 saturated heterocycles. The summed E-state index contributed by atoms with van der Waals surface area (Å²) in [7, 11) is 0. The molecule has 0 aliphatic heterocycles. The largest absolute Gasteiger partial charge is 0.441 e. The van der Waals surface area contributed by atoms with E-state index in [1.165, 1.54) is 0 Å². The SMILES string of the molecule is CC(C)(C)c1cnc(-c2cccc(Br)c2)o1. The van der Waals surface area contributed by atoms with E-state index in [0.29, 0.717) is 5.89 Å². The smallest absolute Gasteiger partial charge is 0.226 e. The predicted molar refractivity (Wildman–Crippen MR) is 68.3 cm³/mol. The number of benzene rings is 1. The van der Waals surface area contributed by atoms with Crippen LogP contribution in [0.3, 0.4) is 0 Å². The van der Waals surface area contributed by atoms with E-state index in [1.807, 2.05) is 24.3 Å². The van der Waals surface area contributed by atoms with Gasteiger partial charge in [-0.15, -0.1) is 0 Å². The summed E-state index contributed by atoms with van der Waals surface area (Å²) in [4.78, 5) is 4.31. The van der Waals surface area contributed by atoms with E-state index in [1.54, 1.807) is 6.20 Å². The van der Waals surface area contributed by atoms with Gasteiger partial charge in [-0.25, -0.2) is 4.98 Å². The maximum atomic E-state index is 5.76. The fourth-order valence-corrected chi connectivity index (χ4v) is 1.78. The van der Waals surface area contributed by atoms with Crippen molar-refractivity contribution in [2.75, 3.05) is 0 Å². The topological polar surface area (TPSA) is 26.0 Å². The molecule has 2 aromatic rings. The molecule has 0 N–H and O–H groups in total. The molecular formula is C13H14BrNO. The summed E-state index contributed by atoms with van der Waals surface area (Å²) in [5, 5.41) is 0. The average Bonchev–Trinajstić information content (AvgIpc) is 2.65. The van der Waals surface area contributed by atoms with Crippen molar-refractivity contribution in [3.63, 3.8) is 0 Å². The van der Waals surface area contributed by atoms with Crippen molar-refractivity contribution < 1.29 is 4.42 Å². The van der Waals surface area contributed by atoms with Crippen molar-refractivity contribution in [1.82, 2.24) is 4.98 Å². The van der Waals surface area contributed by atoms with Gasteiger partial charge in [0.05, 0.1) is 6.20 Å². The zero-order valence-electron chi connectivity index (χ0n) is 9.62. The van der Waals surface area contributed by atoms with Crippen molar-refractivity contribution in [3.05, 3.63) is 40.7 Å². The number of hydrogen-bond donors (Lipinski definition) is 0. The second kappa shape index (κ2) is 4.06. The standard InChI is InChI=1S/C13H14BrNO/c1-13(2,3)11-8-15-12(16-11)9-5-4-6-10(14)7-9/h4-8H,1-3H3. The highest BCUT2D eigenvalue weighted by molar-refractivity contribution is 9.10. The Bertz CT molecular complexity index is 497. The maximum Gasteiger partial charge on any atom is 0.226 e. The van der Waals surface area contributed by atoms with E-state index in [9.17, 15) is 0 Å². The Labute approximate surface area is 104 Å². The molecule has 84 valence electrons. The summed E-state index contributed by atoms with van der Waals surface area (Å²) in [6.45, 7) is 6.33. The Morgan fingerprint density at radius 2 is 2.00 bits per heavy atom. The first-order chi connectivity index (χ1) is 7.47. The van der Waals surface area contributed by atoms with Crippen molar-refractivity contribution in [2.24, 2.45) is 0 Å². The number of oxazole rings is 1. The van der Waals surface area contributed by atoms with E-state index in [2.05, 4.69) is 41.7 Å². The second-order valence-corrected chi connectivity index (χ2v) is 5.71. The fraction of sp³-hybridized carbons (Fsp3) is 0.308. The Balaban J connectivity index is 2.39. The van der Waals surface area contributed by atoms with E-state index in [0.717, 1.165) is 15.8 Å². The molecule has 0 amide bonds. The third kappa shape index (κ3) is 2.35. The average molecular weight is 280 g/mol. The van der Waals surface area contributed by atoms with Crippen LogP contribution in [0.4, 0.5) is 0 Å². The van der Waals surface area contributed by atoms with Gasteiger partial charge in [0.15, 0.2) is 0 Å². The molecule has 0 saturated carbocycles. The highest BCUT2D eigenvalue weighted by Gasteiger charge is 2.19. The van der Waals surface area contributed by atoms with Gasteiger partial charge >= 0.3 is 0 Å². The van der Waals surface area contributed by atoms with Gasteiger partial charge in [0, 0.05) is 15.5 Å².